The molecule has 0 aromatic carbocycles. The van der Waals surface area contributed by atoms with Gasteiger partial charge < -0.3 is 4.55 Å². The Morgan fingerprint density at radius 1 is 1.08 bits per heavy atom. The maximum absolute atomic E-state index is 12.8. The van der Waals surface area contributed by atoms with Crippen LogP contribution in [-0.2, 0) is 11.1 Å². The second-order valence-electron chi connectivity index (χ2n) is 2.83. The van der Waals surface area contributed by atoms with Crippen LogP contribution in [0.5, 0.6) is 0 Å². The van der Waals surface area contributed by atoms with Crippen LogP contribution in [0.3, 0.4) is 0 Å². The molecule has 5 atom stereocenters. The van der Waals surface area contributed by atoms with Crippen LogP contribution < -0.4 is 0 Å². The molecule has 5 unspecified atom stereocenters. The lowest BCUT2D eigenvalue weighted by Gasteiger charge is -2.27. The van der Waals surface area contributed by atoms with Gasteiger partial charge in [-0.05, 0) is 0 Å². The molecule has 0 amide bonds. The van der Waals surface area contributed by atoms with Crippen molar-refractivity contribution in [2.45, 2.75) is 36.6 Å². The lowest BCUT2D eigenvalue weighted by Crippen LogP contribution is -2.41. The molecule has 0 aliphatic heterocycles. The van der Waals surface area contributed by atoms with E-state index in [-0.39, 0.29) is 0 Å². The number of alkyl halides is 3. The van der Waals surface area contributed by atoms with Gasteiger partial charge in [0.05, 0.1) is 5.25 Å². The number of rotatable bonds is 1. The molecule has 2 nitrogen and oxygen atoms in total. The molecular weight excluding hydrogens is 193 g/mol. The molecule has 0 spiro atoms. The van der Waals surface area contributed by atoms with Crippen molar-refractivity contribution in [1.29, 1.82) is 0 Å². The summed E-state index contributed by atoms with van der Waals surface area (Å²) >= 11 is -2.40. The molecule has 0 bridgehead atoms. The molecule has 1 saturated carbocycles. The minimum atomic E-state index is -2.40. The zero-order valence-electron chi connectivity index (χ0n) is 6.12. The Morgan fingerprint density at radius 2 is 1.58 bits per heavy atom. The SMILES string of the molecule is O=S(O)C1CC(F)C(F)CC1F. The van der Waals surface area contributed by atoms with E-state index in [1.807, 2.05) is 0 Å². The third-order valence-electron chi connectivity index (χ3n) is 1.96. The summed E-state index contributed by atoms with van der Waals surface area (Å²) in [7, 11) is 0. The van der Waals surface area contributed by atoms with E-state index in [9.17, 15) is 17.4 Å². The number of halogens is 3. The molecule has 0 aromatic heterocycles. The molecule has 72 valence electrons. The van der Waals surface area contributed by atoms with Gasteiger partial charge in [-0.25, -0.2) is 17.4 Å². The van der Waals surface area contributed by atoms with Crippen LogP contribution in [0, 0.1) is 0 Å². The van der Waals surface area contributed by atoms with E-state index < -0.39 is 47.7 Å². The molecule has 1 aliphatic carbocycles. The first-order valence-corrected chi connectivity index (χ1v) is 4.71. The summed E-state index contributed by atoms with van der Waals surface area (Å²) in [6.07, 6.45) is -6.47. The molecule has 1 aliphatic rings. The molecule has 1 rings (SSSR count). The minimum absolute atomic E-state index is 0.508. The van der Waals surface area contributed by atoms with Crippen LogP contribution in [0.2, 0.25) is 0 Å². The van der Waals surface area contributed by atoms with E-state index in [4.69, 9.17) is 4.55 Å². The molecule has 12 heavy (non-hydrogen) atoms. The monoisotopic (exact) mass is 202 g/mol. The van der Waals surface area contributed by atoms with Crippen LogP contribution in [0.1, 0.15) is 12.8 Å². The van der Waals surface area contributed by atoms with Gasteiger partial charge in [0, 0.05) is 12.8 Å². The lowest BCUT2D eigenvalue weighted by atomic mass is 9.95. The summed E-state index contributed by atoms with van der Waals surface area (Å²) in [4.78, 5) is 0. The Bertz CT molecular complexity index is 190. The van der Waals surface area contributed by atoms with Crippen molar-refractivity contribution in [2.24, 2.45) is 0 Å². The zero-order valence-corrected chi connectivity index (χ0v) is 6.94. The van der Waals surface area contributed by atoms with Gasteiger partial charge in [0.1, 0.15) is 18.5 Å². The van der Waals surface area contributed by atoms with Gasteiger partial charge in [0.25, 0.3) is 0 Å². The second kappa shape index (κ2) is 3.74. The summed E-state index contributed by atoms with van der Waals surface area (Å²) in [5.41, 5.74) is 0. The van der Waals surface area contributed by atoms with Crippen molar-refractivity contribution in [2.75, 3.05) is 0 Å². The van der Waals surface area contributed by atoms with E-state index >= 15 is 0 Å². The van der Waals surface area contributed by atoms with Gasteiger partial charge in [-0.15, -0.1) is 0 Å². The average Bonchev–Trinajstić information content (AvgIpc) is 1.96. The van der Waals surface area contributed by atoms with E-state index in [0.29, 0.717) is 0 Å². The Labute approximate surface area is 70.4 Å². The number of hydrogen-bond acceptors (Lipinski definition) is 1. The van der Waals surface area contributed by atoms with Gasteiger partial charge in [0.15, 0.2) is 11.1 Å². The Morgan fingerprint density at radius 3 is 2.08 bits per heavy atom. The highest BCUT2D eigenvalue weighted by Crippen LogP contribution is 2.29. The highest BCUT2D eigenvalue weighted by molar-refractivity contribution is 7.80. The highest BCUT2D eigenvalue weighted by Gasteiger charge is 2.40. The summed E-state index contributed by atoms with van der Waals surface area (Å²) < 4.78 is 56.7. The van der Waals surface area contributed by atoms with Gasteiger partial charge in [-0.1, -0.05) is 0 Å². The maximum atomic E-state index is 12.8. The smallest absolute Gasteiger partial charge is 0.159 e. The van der Waals surface area contributed by atoms with Crippen molar-refractivity contribution in [3.05, 3.63) is 0 Å². The molecule has 0 aromatic rings. The Hall–Kier alpha value is -0.100. The van der Waals surface area contributed by atoms with Crippen molar-refractivity contribution >= 4 is 11.1 Å². The van der Waals surface area contributed by atoms with E-state index in [0.717, 1.165) is 0 Å². The van der Waals surface area contributed by atoms with Gasteiger partial charge in [-0.2, -0.15) is 0 Å². The second-order valence-corrected chi connectivity index (χ2v) is 3.99. The molecule has 0 heterocycles. The fourth-order valence-corrected chi connectivity index (χ4v) is 1.95. The lowest BCUT2D eigenvalue weighted by molar-refractivity contribution is 0.0750. The first-order chi connectivity index (χ1) is 5.52. The summed E-state index contributed by atoms with van der Waals surface area (Å²) in [6, 6.07) is 0. The topological polar surface area (TPSA) is 37.3 Å². The highest BCUT2D eigenvalue weighted by atomic mass is 32.2. The number of hydrogen-bond donors (Lipinski definition) is 1. The van der Waals surface area contributed by atoms with Gasteiger partial charge in [0.2, 0.25) is 0 Å². The van der Waals surface area contributed by atoms with E-state index in [2.05, 4.69) is 0 Å². The summed E-state index contributed by atoms with van der Waals surface area (Å²) in [5.74, 6) is 0. The molecule has 1 fully saturated rings. The minimum Gasteiger partial charge on any atom is -0.306 e. The van der Waals surface area contributed by atoms with E-state index in [1.165, 1.54) is 0 Å². The van der Waals surface area contributed by atoms with Crippen molar-refractivity contribution in [3.63, 3.8) is 0 Å². The molecular formula is C6H9F3O2S. The van der Waals surface area contributed by atoms with Crippen LogP contribution in [0.4, 0.5) is 13.2 Å². The van der Waals surface area contributed by atoms with Crippen LogP contribution >= 0.6 is 0 Å². The average molecular weight is 202 g/mol. The van der Waals surface area contributed by atoms with Crippen LogP contribution in [0.15, 0.2) is 0 Å². The van der Waals surface area contributed by atoms with E-state index in [1.54, 1.807) is 0 Å². The fourth-order valence-electron chi connectivity index (χ4n) is 1.24. The zero-order chi connectivity index (χ0) is 9.30. The Kier molecular flexibility index (Phi) is 3.11. The largest absolute Gasteiger partial charge is 0.306 e. The van der Waals surface area contributed by atoms with Crippen LogP contribution in [-0.4, -0.2) is 32.5 Å². The van der Waals surface area contributed by atoms with Crippen molar-refractivity contribution < 1.29 is 21.9 Å². The summed E-state index contributed by atoms with van der Waals surface area (Å²) in [6.45, 7) is 0. The van der Waals surface area contributed by atoms with Gasteiger partial charge in [-0.3, -0.25) is 0 Å². The predicted octanol–water partition coefficient (Wildman–Crippen LogP) is 1.38. The standard InChI is InChI=1S/C6H9F3O2S/c7-3-1-5(9)6(12(10)11)2-4(3)8/h3-6H,1-2H2,(H,10,11). The first-order valence-electron chi connectivity index (χ1n) is 3.54. The van der Waals surface area contributed by atoms with Crippen molar-refractivity contribution in [1.82, 2.24) is 0 Å². The molecule has 0 saturated heterocycles. The van der Waals surface area contributed by atoms with Gasteiger partial charge >= 0.3 is 0 Å². The third-order valence-corrected chi connectivity index (χ3v) is 2.97. The quantitative estimate of drug-likeness (QED) is 0.652. The normalized spacial score (nSPS) is 45.7. The Balaban J connectivity index is 2.61. The van der Waals surface area contributed by atoms with Crippen LogP contribution in [0.25, 0.3) is 0 Å². The van der Waals surface area contributed by atoms with Crippen molar-refractivity contribution in [3.8, 4) is 0 Å². The predicted molar refractivity (Wildman–Crippen MR) is 38.5 cm³/mol. The third kappa shape index (κ3) is 1.98. The molecule has 0 radical (unpaired) electrons. The molecule has 6 heteroatoms. The molecule has 1 N–H and O–H groups in total. The first kappa shape index (κ1) is 9.98. The maximum Gasteiger partial charge on any atom is 0.159 e. The summed E-state index contributed by atoms with van der Waals surface area (Å²) in [5, 5.41) is -1.27. The fraction of sp³-hybridized carbons (Fsp3) is 1.00.